The molecule has 0 fully saturated rings. The fraction of sp³-hybridized carbons (Fsp3) is 0.278. The van der Waals surface area contributed by atoms with Gasteiger partial charge >= 0.3 is 0 Å². The van der Waals surface area contributed by atoms with Gasteiger partial charge in [-0.1, -0.05) is 17.7 Å². The van der Waals surface area contributed by atoms with Crippen molar-refractivity contribution in [2.75, 3.05) is 19.2 Å². The fourth-order valence-electron chi connectivity index (χ4n) is 2.49. The molecule has 0 saturated carbocycles. The number of hydrogen-bond acceptors (Lipinski definition) is 4. The predicted molar refractivity (Wildman–Crippen MR) is 93.5 cm³/mol. The highest BCUT2D eigenvalue weighted by Gasteiger charge is 2.21. The molecule has 2 aromatic carbocycles. The molecule has 1 N–H and O–H groups in total. The summed E-state index contributed by atoms with van der Waals surface area (Å²) >= 11 is 5.72. The summed E-state index contributed by atoms with van der Waals surface area (Å²) in [7, 11) is 1.83. The summed E-state index contributed by atoms with van der Waals surface area (Å²) in [4.78, 5) is 14.2. The Bertz CT molecular complexity index is 800. The van der Waals surface area contributed by atoms with Crippen molar-refractivity contribution in [1.29, 1.82) is 0 Å². The zero-order valence-corrected chi connectivity index (χ0v) is 14.6. The van der Waals surface area contributed by atoms with Crippen LogP contribution in [0.1, 0.15) is 12.5 Å². The highest BCUT2D eigenvalue weighted by Crippen LogP contribution is 2.32. The van der Waals surface area contributed by atoms with Gasteiger partial charge in [-0.25, -0.2) is 4.39 Å². The average molecular weight is 365 g/mol. The van der Waals surface area contributed by atoms with Crippen LogP contribution in [0.2, 0.25) is 5.02 Å². The Balaban J connectivity index is 1.63. The van der Waals surface area contributed by atoms with Crippen LogP contribution >= 0.6 is 11.6 Å². The van der Waals surface area contributed by atoms with Gasteiger partial charge in [-0.15, -0.1) is 0 Å². The highest BCUT2D eigenvalue weighted by molar-refractivity contribution is 6.30. The number of carbonyl (C=O) groups excluding carboxylic acids is 1. The highest BCUT2D eigenvalue weighted by atomic mass is 35.5. The molecule has 0 saturated heterocycles. The number of halogens is 2. The first-order valence-corrected chi connectivity index (χ1v) is 8.16. The number of anilines is 1. The van der Waals surface area contributed by atoms with E-state index >= 15 is 0 Å². The largest absolute Gasteiger partial charge is 0.454 e. The van der Waals surface area contributed by atoms with Crippen LogP contribution in [0.5, 0.6) is 11.5 Å². The van der Waals surface area contributed by atoms with E-state index in [0.717, 1.165) is 17.4 Å². The van der Waals surface area contributed by atoms with Crippen LogP contribution in [-0.4, -0.2) is 30.7 Å². The topological polar surface area (TPSA) is 50.8 Å². The lowest BCUT2D eigenvalue weighted by atomic mass is 10.1. The van der Waals surface area contributed by atoms with Crippen molar-refractivity contribution in [3.8, 4) is 11.5 Å². The number of rotatable bonds is 5. The number of nitrogens with zero attached hydrogens (tertiary/aromatic N) is 1. The monoisotopic (exact) mass is 364 g/mol. The van der Waals surface area contributed by atoms with Gasteiger partial charge in [0.05, 0.1) is 11.7 Å². The minimum absolute atomic E-state index is 0.109. The summed E-state index contributed by atoms with van der Waals surface area (Å²) in [6.45, 7) is 2.52. The maximum Gasteiger partial charge on any atom is 0.241 e. The minimum atomic E-state index is -0.563. The van der Waals surface area contributed by atoms with Crippen LogP contribution in [0, 0.1) is 5.82 Å². The third-order valence-electron chi connectivity index (χ3n) is 4.10. The van der Waals surface area contributed by atoms with Crippen molar-refractivity contribution < 1.29 is 18.7 Å². The number of fused-ring (bicyclic) bond motifs is 1. The number of hydrogen-bond donors (Lipinski definition) is 1. The van der Waals surface area contributed by atoms with Crippen molar-refractivity contribution >= 4 is 23.2 Å². The lowest BCUT2D eigenvalue weighted by molar-refractivity contribution is -0.120. The summed E-state index contributed by atoms with van der Waals surface area (Å²) < 4.78 is 24.5. The van der Waals surface area contributed by atoms with E-state index in [1.807, 2.05) is 30.1 Å². The van der Waals surface area contributed by atoms with E-state index in [9.17, 15) is 9.18 Å². The Morgan fingerprint density at radius 1 is 1.28 bits per heavy atom. The van der Waals surface area contributed by atoms with E-state index in [1.165, 1.54) is 12.1 Å². The van der Waals surface area contributed by atoms with Gasteiger partial charge < -0.3 is 14.8 Å². The number of benzene rings is 2. The third kappa shape index (κ3) is 4.03. The molecule has 0 spiro atoms. The molecule has 1 amide bonds. The van der Waals surface area contributed by atoms with Gasteiger partial charge in [0.1, 0.15) is 5.82 Å². The van der Waals surface area contributed by atoms with Gasteiger partial charge in [-0.05, 0) is 49.9 Å². The first kappa shape index (κ1) is 17.5. The smallest absolute Gasteiger partial charge is 0.241 e. The summed E-state index contributed by atoms with van der Waals surface area (Å²) in [5.74, 6) is 0.553. The lowest BCUT2D eigenvalue weighted by Crippen LogP contribution is -2.39. The molecule has 0 bridgehead atoms. The number of amides is 1. The maximum atomic E-state index is 13.8. The number of nitrogens with one attached hydrogen (secondary N) is 1. The van der Waals surface area contributed by atoms with E-state index in [4.69, 9.17) is 21.1 Å². The van der Waals surface area contributed by atoms with Crippen molar-refractivity contribution in [2.45, 2.75) is 19.5 Å². The molecule has 1 aliphatic rings. The molecule has 5 nitrogen and oxygen atoms in total. The molecule has 132 valence electrons. The molecule has 2 aromatic rings. The minimum Gasteiger partial charge on any atom is -0.454 e. The molecule has 1 aliphatic heterocycles. The molecule has 0 aliphatic carbocycles. The summed E-state index contributed by atoms with van der Waals surface area (Å²) in [5.41, 5.74) is 1.10. The second-order valence-electron chi connectivity index (χ2n) is 5.89. The van der Waals surface area contributed by atoms with Crippen LogP contribution in [0.15, 0.2) is 36.4 Å². The van der Waals surface area contributed by atoms with Crippen LogP contribution in [0.25, 0.3) is 0 Å². The molecule has 25 heavy (non-hydrogen) atoms. The van der Waals surface area contributed by atoms with Gasteiger partial charge in [0, 0.05) is 11.6 Å². The zero-order valence-electron chi connectivity index (χ0n) is 13.9. The molecule has 0 radical (unpaired) electrons. The van der Waals surface area contributed by atoms with Crippen LogP contribution < -0.4 is 14.8 Å². The molecular weight excluding hydrogens is 347 g/mol. The molecule has 0 unspecified atom stereocenters. The maximum absolute atomic E-state index is 13.8. The molecule has 0 aromatic heterocycles. The van der Waals surface area contributed by atoms with E-state index in [-0.39, 0.29) is 23.4 Å². The first-order valence-electron chi connectivity index (χ1n) is 7.78. The van der Waals surface area contributed by atoms with Crippen LogP contribution in [-0.2, 0) is 11.3 Å². The van der Waals surface area contributed by atoms with Crippen LogP contribution in [0.3, 0.4) is 0 Å². The summed E-state index contributed by atoms with van der Waals surface area (Å²) in [6.07, 6.45) is 0. The SMILES string of the molecule is C[C@H](C(=O)Nc1ccc(Cl)cc1F)N(C)Cc1ccc2c(c1)OCO2. The van der Waals surface area contributed by atoms with Crippen molar-refractivity contribution in [3.63, 3.8) is 0 Å². The van der Waals surface area contributed by atoms with Gasteiger partial charge in [-0.2, -0.15) is 0 Å². The molecule has 1 atom stereocenters. The molecular formula is C18H18ClFN2O3. The van der Waals surface area contributed by atoms with Crippen molar-refractivity contribution in [3.05, 3.63) is 52.8 Å². The Hall–Kier alpha value is -2.31. The fourth-order valence-corrected chi connectivity index (χ4v) is 2.65. The normalized spacial score (nSPS) is 13.8. The van der Waals surface area contributed by atoms with Crippen molar-refractivity contribution in [2.24, 2.45) is 0 Å². The Morgan fingerprint density at radius 3 is 2.80 bits per heavy atom. The van der Waals surface area contributed by atoms with E-state index in [1.54, 1.807) is 6.92 Å². The summed E-state index contributed by atoms with van der Waals surface area (Å²) in [6, 6.07) is 9.34. The average Bonchev–Trinajstić information content (AvgIpc) is 3.04. The Morgan fingerprint density at radius 2 is 2.04 bits per heavy atom. The van der Waals surface area contributed by atoms with Gasteiger partial charge in [0.2, 0.25) is 12.7 Å². The predicted octanol–water partition coefficient (Wildman–Crippen LogP) is 3.67. The Labute approximate surface area is 150 Å². The molecule has 7 heteroatoms. The number of carbonyl (C=O) groups is 1. The first-order chi connectivity index (χ1) is 11.9. The second-order valence-corrected chi connectivity index (χ2v) is 6.33. The number of ether oxygens (including phenoxy) is 2. The van der Waals surface area contributed by atoms with E-state index in [0.29, 0.717) is 12.3 Å². The second kappa shape index (κ2) is 7.29. The van der Waals surface area contributed by atoms with Crippen LogP contribution in [0.4, 0.5) is 10.1 Å². The van der Waals surface area contributed by atoms with Crippen molar-refractivity contribution in [1.82, 2.24) is 4.90 Å². The van der Waals surface area contributed by atoms with E-state index < -0.39 is 11.9 Å². The summed E-state index contributed by atoms with van der Waals surface area (Å²) in [5, 5.41) is 2.87. The Kier molecular flexibility index (Phi) is 5.11. The van der Waals surface area contributed by atoms with E-state index in [2.05, 4.69) is 5.32 Å². The van der Waals surface area contributed by atoms with Gasteiger partial charge in [-0.3, -0.25) is 9.69 Å². The molecule has 1 heterocycles. The molecule has 3 rings (SSSR count). The quantitative estimate of drug-likeness (QED) is 0.879. The van der Waals surface area contributed by atoms with Gasteiger partial charge in [0.15, 0.2) is 11.5 Å². The third-order valence-corrected chi connectivity index (χ3v) is 4.33. The lowest BCUT2D eigenvalue weighted by Gasteiger charge is -2.24. The number of likely N-dealkylation sites (N-methyl/N-ethyl adjacent to an activating group) is 1. The van der Waals surface area contributed by atoms with Gasteiger partial charge in [0.25, 0.3) is 0 Å². The standard InChI is InChI=1S/C18H18ClFN2O3/c1-11(18(23)21-15-5-4-13(19)8-14(15)20)22(2)9-12-3-6-16-17(7-12)25-10-24-16/h3-8,11H,9-10H2,1-2H3,(H,21,23)/t11-/m1/s1. The zero-order chi connectivity index (χ0) is 18.0.